The van der Waals surface area contributed by atoms with Gasteiger partial charge in [0.2, 0.25) is 0 Å². The van der Waals surface area contributed by atoms with Gasteiger partial charge in [0.1, 0.15) is 5.76 Å². The van der Waals surface area contributed by atoms with Gasteiger partial charge < -0.3 is 19.2 Å². The normalized spacial score (nSPS) is 17.6. The maximum absolute atomic E-state index is 12.2. The number of amides is 1. The zero-order valence-electron chi connectivity index (χ0n) is 14.4. The summed E-state index contributed by atoms with van der Waals surface area (Å²) in [7, 11) is 2.05. The molecule has 1 aliphatic heterocycles. The number of ether oxygens (including phenoxy) is 2. The van der Waals surface area contributed by atoms with Gasteiger partial charge in [0.25, 0.3) is 5.91 Å². The van der Waals surface area contributed by atoms with Crippen molar-refractivity contribution in [2.24, 2.45) is 0 Å². The van der Waals surface area contributed by atoms with Gasteiger partial charge in [-0.3, -0.25) is 9.69 Å². The third-order valence-electron chi connectivity index (χ3n) is 4.13. The number of nitrogens with one attached hydrogen (secondary N) is 1. The Morgan fingerprint density at radius 1 is 1.16 bits per heavy atom. The average Bonchev–Trinajstić information content (AvgIpc) is 3.14. The van der Waals surface area contributed by atoms with E-state index in [0.29, 0.717) is 26.4 Å². The first-order chi connectivity index (χ1) is 12.2. The highest BCUT2D eigenvalue weighted by Crippen LogP contribution is 2.13. The van der Waals surface area contributed by atoms with Crippen LogP contribution < -0.4 is 5.32 Å². The molecule has 0 spiro atoms. The Kier molecular flexibility index (Phi) is 6.22. The summed E-state index contributed by atoms with van der Waals surface area (Å²) in [5.41, 5.74) is 2.27. The summed E-state index contributed by atoms with van der Waals surface area (Å²) in [6.45, 7) is 3.32. The molecule has 1 amide bonds. The van der Waals surface area contributed by atoms with E-state index in [0.717, 1.165) is 24.4 Å². The van der Waals surface area contributed by atoms with E-state index in [-0.39, 0.29) is 5.91 Å². The molecule has 6 heteroatoms. The fourth-order valence-electron chi connectivity index (χ4n) is 2.83. The lowest BCUT2D eigenvalue weighted by Gasteiger charge is -2.22. The van der Waals surface area contributed by atoms with E-state index in [1.165, 1.54) is 5.56 Å². The van der Waals surface area contributed by atoms with Gasteiger partial charge in [0.05, 0.1) is 32.6 Å². The SMILES string of the molecule is CN(Cc1ccco1)Cc1ccccc1CNC(=O)[C@@H]1COCCO1. The number of benzene rings is 1. The predicted molar refractivity (Wildman–Crippen MR) is 92.7 cm³/mol. The minimum absolute atomic E-state index is 0.126. The summed E-state index contributed by atoms with van der Waals surface area (Å²) in [5.74, 6) is 0.807. The number of nitrogens with zero attached hydrogens (tertiary/aromatic N) is 1. The Balaban J connectivity index is 1.55. The van der Waals surface area contributed by atoms with Crippen LogP contribution in [-0.4, -0.2) is 43.8 Å². The Bertz CT molecular complexity index is 666. The van der Waals surface area contributed by atoms with Crippen molar-refractivity contribution in [2.45, 2.75) is 25.7 Å². The molecule has 1 aromatic carbocycles. The number of carbonyl (C=O) groups is 1. The molecule has 0 unspecified atom stereocenters. The summed E-state index contributed by atoms with van der Waals surface area (Å²) < 4.78 is 16.1. The van der Waals surface area contributed by atoms with Gasteiger partial charge in [-0.2, -0.15) is 0 Å². The molecule has 6 nitrogen and oxygen atoms in total. The van der Waals surface area contributed by atoms with Crippen molar-refractivity contribution in [3.63, 3.8) is 0 Å². The Morgan fingerprint density at radius 2 is 2.00 bits per heavy atom. The third kappa shape index (κ3) is 5.16. The van der Waals surface area contributed by atoms with Crippen LogP contribution >= 0.6 is 0 Å². The molecule has 1 N–H and O–H groups in total. The molecule has 2 aromatic rings. The summed E-state index contributed by atoms with van der Waals surface area (Å²) in [4.78, 5) is 14.4. The van der Waals surface area contributed by atoms with E-state index >= 15 is 0 Å². The zero-order valence-corrected chi connectivity index (χ0v) is 14.4. The van der Waals surface area contributed by atoms with E-state index in [9.17, 15) is 4.79 Å². The van der Waals surface area contributed by atoms with Crippen molar-refractivity contribution in [2.75, 3.05) is 26.9 Å². The van der Waals surface area contributed by atoms with E-state index in [2.05, 4.69) is 16.3 Å². The highest BCUT2D eigenvalue weighted by atomic mass is 16.6. The number of rotatable bonds is 7. The second-order valence-corrected chi connectivity index (χ2v) is 6.17. The van der Waals surface area contributed by atoms with Crippen molar-refractivity contribution < 1.29 is 18.7 Å². The molecule has 134 valence electrons. The smallest absolute Gasteiger partial charge is 0.251 e. The topological polar surface area (TPSA) is 63.9 Å². The minimum Gasteiger partial charge on any atom is -0.468 e. The monoisotopic (exact) mass is 344 g/mol. The number of hydrogen-bond donors (Lipinski definition) is 1. The molecule has 1 aromatic heterocycles. The average molecular weight is 344 g/mol. The molecule has 0 radical (unpaired) electrons. The molecule has 1 saturated heterocycles. The molecular weight excluding hydrogens is 320 g/mol. The van der Waals surface area contributed by atoms with Crippen molar-refractivity contribution in [1.82, 2.24) is 10.2 Å². The van der Waals surface area contributed by atoms with E-state index in [1.54, 1.807) is 6.26 Å². The number of carbonyl (C=O) groups excluding carboxylic acids is 1. The van der Waals surface area contributed by atoms with Crippen LogP contribution in [-0.2, 0) is 33.9 Å². The predicted octanol–water partition coefficient (Wildman–Crippen LogP) is 1.94. The standard InChI is InChI=1S/C19H24N2O4/c1-21(13-17-7-4-8-24-17)12-16-6-3-2-5-15(16)11-20-19(22)18-14-23-9-10-25-18/h2-8,18H,9-14H2,1H3,(H,20,22)/t18-/m0/s1. The van der Waals surface area contributed by atoms with Gasteiger partial charge in [-0.05, 0) is 30.3 Å². The van der Waals surface area contributed by atoms with Crippen LogP contribution in [0.15, 0.2) is 47.1 Å². The van der Waals surface area contributed by atoms with Crippen LogP contribution in [0.2, 0.25) is 0 Å². The molecule has 1 atom stereocenters. The van der Waals surface area contributed by atoms with E-state index in [4.69, 9.17) is 13.9 Å². The van der Waals surface area contributed by atoms with Gasteiger partial charge >= 0.3 is 0 Å². The van der Waals surface area contributed by atoms with Crippen molar-refractivity contribution in [1.29, 1.82) is 0 Å². The first-order valence-corrected chi connectivity index (χ1v) is 8.47. The van der Waals surface area contributed by atoms with Crippen LogP contribution in [0.1, 0.15) is 16.9 Å². The second-order valence-electron chi connectivity index (χ2n) is 6.17. The molecule has 0 bridgehead atoms. The van der Waals surface area contributed by atoms with Crippen molar-refractivity contribution >= 4 is 5.91 Å². The van der Waals surface area contributed by atoms with Gasteiger partial charge in [-0.15, -0.1) is 0 Å². The highest BCUT2D eigenvalue weighted by molar-refractivity contribution is 5.81. The molecule has 25 heavy (non-hydrogen) atoms. The van der Waals surface area contributed by atoms with Crippen molar-refractivity contribution in [3.05, 3.63) is 59.5 Å². The lowest BCUT2D eigenvalue weighted by atomic mass is 10.1. The second kappa shape index (κ2) is 8.80. The zero-order chi connectivity index (χ0) is 17.5. The summed E-state index contributed by atoms with van der Waals surface area (Å²) in [5, 5.41) is 2.95. The fourth-order valence-corrected chi connectivity index (χ4v) is 2.83. The van der Waals surface area contributed by atoms with E-state index < -0.39 is 6.10 Å². The first-order valence-electron chi connectivity index (χ1n) is 8.47. The van der Waals surface area contributed by atoms with Gasteiger partial charge in [0.15, 0.2) is 6.10 Å². The van der Waals surface area contributed by atoms with Crippen LogP contribution in [0.5, 0.6) is 0 Å². The fraction of sp³-hybridized carbons (Fsp3) is 0.421. The lowest BCUT2D eigenvalue weighted by Crippen LogP contribution is -2.42. The molecule has 1 fully saturated rings. The molecule has 1 aliphatic rings. The summed E-state index contributed by atoms with van der Waals surface area (Å²) in [6, 6.07) is 12.0. The van der Waals surface area contributed by atoms with Crippen LogP contribution in [0.4, 0.5) is 0 Å². The summed E-state index contributed by atoms with van der Waals surface area (Å²) in [6.07, 6.45) is 1.17. The number of hydrogen-bond acceptors (Lipinski definition) is 5. The largest absolute Gasteiger partial charge is 0.468 e. The Morgan fingerprint density at radius 3 is 2.72 bits per heavy atom. The molecule has 2 heterocycles. The molecule has 0 saturated carbocycles. The number of furan rings is 1. The summed E-state index contributed by atoms with van der Waals surface area (Å²) >= 11 is 0. The van der Waals surface area contributed by atoms with Gasteiger partial charge in [-0.1, -0.05) is 24.3 Å². The lowest BCUT2D eigenvalue weighted by molar-refractivity contribution is -0.147. The Hall–Kier alpha value is -2.15. The molecule has 0 aliphatic carbocycles. The highest BCUT2D eigenvalue weighted by Gasteiger charge is 2.22. The van der Waals surface area contributed by atoms with Gasteiger partial charge in [-0.25, -0.2) is 0 Å². The van der Waals surface area contributed by atoms with Crippen LogP contribution in [0, 0.1) is 0 Å². The maximum Gasteiger partial charge on any atom is 0.251 e. The maximum atomic E-state index is 12.2. The molecular formula is C19H24N2O4. The Labute approximate surface area is 147 Å². The van der Waals surface area contributed by atoms with Gasteiger partial charge in [0, 0.05) is 13.1 Å². The first kappa shape index (κ1) is 17.7. The quantitative estimate of drug-likeness (QED) is 0.832. The van der Waals surface area contributed by atoms with Crippen LogP contribution in [0.25, 0.3) is 0 Å². The molecule has 3 rings (SSSR count). The van der Waals surface area contributed by atoms with E-state index in [1.807, 2.05) is 37.4 Å². The third-order valence-corrected chi connectivity index (χ3v) is 4.13. The minimum atomic E-state index is -0.512. The van der Waals surface area contributed by atoms with Crippen LogP contribution in [0.3, 0.4) is 0 Å². The van der Waals surface area contributed by atoms with Crippen molar-refractivity contribution in [3.8, 4) is 0 Å².